The fraction of sp³-hybridized carbons (Fsp3) is 0.667. The molecule has 72 valence electrons. The summed E-state index contributed by atoms with van der Waals surface area (Å²) < 4.78 is 4.48. The quantitative estimate of drug-likeness (QED) is 0.608. The van der Waals surface area contributed by atoms with Crippen LogP contribution < -0.4 is 5.73 Å². The van der Waals surface area contributed by atoms with Gasteiger partial charge in [-0.2, -0.15) is 0 Å². The predicted molar refractivity (Wildman–Crippen MR) is 44.1 cm³/mol. The van der Waals surface area contributed by atoms with Gasteiger partial charge in [-0.05, 0) is 6.92 Å². The van der Waals surface area contributed by atoms with Crippen molar-refractivity contribution < 1.29 is 19.4 Å². The van der Waals surface area contributed by atoms with Gasteiger partial charge in [0.05, 0.1) is 13.0 Å². The SMILES string of the molecule is CCOC(=O)CC(N)C(=O)O.Cl. The molecule has 1 atom stereocenters. The van der Waals surface area contributed by atoms with Crippen LogP contribution in [0.15, 0.2) is 0 Å². The normalized spacial score (nSPS) is 11.2. The second-order valence-corrected chi connectivity index (χ2v) is 1.95. The molecule has 0 heterocycles. The molecule has 0 aliphatic carbocycles. The molecular weight excluding hydrogens is 186 g/mol. The lowest BCUT2D eigenvalue weighted by molar-refractivity contribution is -0.148. The largest absolute Gasteiger partial charge is 0.480 e. The Hall–Kier alpha value is -0.810. The maximum absolute atomic E-state index is 10.6. The monoisotopic (exact) mass is 197 g/mol. The molecule has 1 unspecified atom stereocenters. The molecule has 0 fully saturated rings. The molecule has 0 saturated heterocycles. The highest BCUT2D eigenvalue weighted by atomic mass is 35.5. The van der Waals surface area contributed by atoms with Crippen LogP contribution in [-0.4, -0.2) is 29.7 Å². The fourth-order valence-corrected chi connectivity index (χ4v) is 0.487. The van der Waals surface area contributed by atoms with Crippen LogP contribution in [-0.2, 0) is 14.3 Å². The first-order valence-corrected chi connectivity index (χ1v) is 3.22. The predicted octanol–water partition coefficient (Wildman–Crippen LogP) is -0.227. The Balaban J connectivity index is 0. The number of carbonyl (C=O) groups is 2. The Morgan fingerprint density at radius 2 is 2.08 bits per heavy atom. The van der Waals surface area contributed by atoms with Gasteiger partial charge in [-0.3, -0.25) is 9.59 Å². The van der Waals surface area contributed by atoms with E-state index in [9.17, 15) is 9.59 Å². The van der Waals surface area contributed by atoms with Gasteiger partial charge in [0.1, 0.15) is 6.04 Å². The van der Waals surface area contributed by atoms with E-state index in [4.69, 9.17) is 10.8 Å². The highest BCUT2D eigenvalue weighted by Crippen LogP contribution is 1.91. The number of carboxylic acid groups (broad SMARTS) is 1. The lowest BCUT2D eigenvalue weighted by Crippen LogP contribution is -2.33. The van der Waals surface area contributed by atoms with E-state index in [0.717, 1.165) is 0 Å². The van der Waals surface area contributed by atoms with Crippen molar-refractivity contribution in [3.63, 3.8) is 0 Å². The minimum atomic E-state index is -1.20. The molecule has 0 aromatic heterocycles. The third-order valence-electron chi connectivity index (χ3n) is 1.01. The molecule has 0 bridgehead atoms. The van der Waals surface area contributed by atoms with E-state index in [1.165, 1.54) is 0 Å². The van der Waals surface area contributed by atoms with Crippen molar-refractivity contribution in [1.82, 2.24) is 0 Å². The van der Waals surface area contributed by atoms with Crippen molar-refractivity contribution in [2.75, 3.05) is 6.61 Å². The van der Waals surface area contributed by atoms with Gasteiger partial charge in [0.2, 0.25) is 0 Å². The van der Waals surface area contributed by atoms with E-state index < -0.39 is 18.0 Å². The van der Waals surface area contributed by atoms with Crippen molar-refractivity contribution in [3.8, 4) is 0 Å². The fourth-order valence-electron chi connectivity index (χ4n) is 0.487. The smallest absolute Gasteiger partial charge is 0.321 e. The van der Waals surface area contributed by atoms with Gasteiger partial charge in [-0.15, -0.1) is 12.4 Å². The molecule has 3 N–H and O–H groups in total. The van der Waals surface area contributed by atoms with Crippen LogP contribution in [0.2, 0.25) is 0 Å². The van der Waals surface area contributed by atoms with Crippen LogP contribution in [0.25, 0.3) is 0 Å². The standard InChI is InChI=1S/C6H11NO4.ClH/c1-2-11-5(8)3-4(7)6(9)10;/h4H,2-3,7H2,1H3,(H,9,10);1H. The minimum absolute atomic E-state index is 0. The number of rotatable bonds is 4. The zero-order valence-corrected chi connectivity index (χ0v) is 7.47. The molecule has 0 saturated carbocycles. The molecular formula is C6H12ClNO4. The lowest BCUT2D eigenvalue weighted by Gasteiger charge is -2.04. The molecule has 12 heavy (non-hydrogen) atoms. The van der Waals surface area contributed by atoms with Gasteiger partial charge >= 0.3 is 11.9 Å². The van der Waals surface area contributed by atoms with Crippen molar-refractivity contribution in [3.05, 3.63) is 0 Å². The number of esters is 1. The van der Waals surface area contributed by atoms with E-state index in [2.05, 4.69) is 4.74 Å². The molecule has 0 rings (SSSR count). The summed E-state index contributed by atoms with van der Waals surface area (Å²) in [5.41, 5.74) is 5.05. The highest BCUT2D eigenvalue weighted by molar-refractivity contribution is 5.85. The van der Waals surface area contributed by atoms with E-state index in [-0.39, 0.29) is 25.4 Å². The van der Waals surface area contributed by atoms with Crippen LogP contribution in [0.3, 0.4) is 0 Å². The molecule has 0 amide bonds. The van der Waals surface area contributed by atoms with E-state index >= 15 is 0 Å². The first-order chi connectivity index (χ1) is 5.07. The summed E-state index contributed by atoms with van der Waals surface area (Å²) in [7, 11) is 0. The molecule has 0 aromatic carbocycles. The average Bonchev–Trinajstić information content (AvgIpc) is 1.87. The Bertz CT molecular complexity index is 162. The average molecular weight is 198 g/mol. The maximum Gasteiger partial charge on any atom is 0.321 e. The van der Waals surface area contributed by atoms with Gasteiger partial charge < -0.3 is 15.6 Å². The second kappa shape index (κ2) is 6.87. The second-order valence-electron chi connectivity index (χ2n) is 1.95. The summed E-state index contributed by atoms with van der Waals surface area (Å²) in [5.74, 6) is -1.78. The summed E-state index contributed by atoms with van der Waals surface area (Å²) in [6.45, 7) is 1.88. The van der Waals surface area contributed by atoms with Crippen molar-refractivity contribution >= 4 is 24.3 Å². The number of halogens is 1. The zero-order valence-electron chi connectivity index (χ0n) is 6.65. The molecule has 5 nitrogen and oxygen atoms in total. The van der Waals surface area contributed by atoms with Gasteiger partial charge in [-0.1, -0.05) is 0 Å². The summed E-state index contributed by atoms with van der Waals surface area (Å²) in [4.78, 5) is 20.7. The number of hydrogen-bond donors (Lipinski definition) is 2. The molecule has 0 aromatic rings. The Morgan fingerprint density at radius 1 is 1.58 bits per heavy atom. The number of carboxylic acids is 1. The third kappa shape index (κ3) is 5.94. The summed E-state index contributed by atoms with van der Waals surface area (Å²) >= 11 is 0. The number of aliphatic carboxylic acids is 1. The zero-order chi connectivity index (χ0) is 8.85. The molecule has 0 radical (unpaired) electrons. The first kappa shape index (κ1) is 13.8. The van der Waals surface area contributed by atoms with Crippen molar-refractivity contribution in [2.45, 2.75) is 19.4 Å². The van der Waals surface area contributed by atoms with Crippen LogP contribution in [0.4, 0.5) is 0 Å². The van der Waals surface area contributed by atoms with Gasteiger partial charge in [0.15, 0.2) is 0 Å². The van der Waals surface area contributed by atoms with Crippen LogP contribution in [0.1, 0.15) is 13.3 Å². The summed E-state index contributed by atoms with van der Waals surface area (Å²) in [6, 6.07) is -1.16. The van der Waals surface area contributed by atoms with Crippen molar-refractivity contribution in [2.24, 2.45) is 5.73 Å². The van der Waals surface area contributed by atoms with Gasteiger partial charge in [-0.25, -0.2) is 0 Å². The van der Waals surface area contributed by atoms with Gasteiger partial charge in [0.25, 0.3) is 0 Å². The van der Waals surface area contributed by atoms with Crippen LogP contribution in [0, 0.1) is 0 Å². The highest BCUT2D eigenvalue weighted by Gasteiger charge is 2.16. The minimum Gasteiger partial charge on any atom is -0.480 e. The molecule has 6 heteroatoms. The first-order valence-electron chi connectivity index (χ1n) is 3.22. The molecule has 0 spiro atoms. The molecule has 0 aliphatic rings. The summed E-state index contributed by atoms with van der Waals surface area (Å²) in [5, 5.41) is 8.27. The number of nitrogens with two attached hydrogens (primary N) is 1. The Morgan fingerprint density at radius 3 is 2.42 bits per heavy atom. The van der Waals surface area contributed by atoms with Crippen LogP contribution >= 0.6 is 12.4 Å². The van der Waals surface area contributed by atoms with E-state index in [0.29, 0.717) is 0 Å². The van der Waals surface area contributed by atoms with Crippen molar-refractivity contribution in [1.29, 1.82) is 0 Å². The number of carbonyl (C=O) groups excluding carboxylic acids is 1. The van der Waals surface area contributed by atoms with Gasteiger partial charge in [0, 0.05) is 0 Å². The summed E-state index contributed by atoms with van der Waals surface area (Å²) in [6.07, 6.45) is -0.275. The van der Waals surface area contributed by atoms with E-state index in [1.54, 1.807) is 6.92 Å². The Kier molecular flexibility index (Phi) is 7.88. The lowest BCUT2D eigenvalue weighted by atomic mass is 10.2. The van der Waals surface area contributed by atoms with Crippen LogP contribution in [0.5, 0.6) is 0 Å². The number of ether oxygens (including phenoxy) is 1. The Labute approximate surface area is 76.3 Å². The topological polar surface area (TPSA) is 89.6 Å². The maximum atomic E-state index is 10.6. The number of hydrogen-bond acceptors (Lipinski definition) is 4. The third-order valence-corrected chi connectivity index (χ3v) is 1.01. The van der Waals surface area contributed by atoms with E-state index in [1.807, 2.05) is 0 Å². The molecule has 0 aliphatic heterocycles.